The SMILES string of the molecule is C1CCC(C2CCC(C3CCC(N(C4CCC(C5CCCCC5)CC4)C4CCCC5C6CCC7SC8CCCCC8C7C6SC54)CC3)CC2)CC1. The molecule has 0 radical (unpaired) electrons. The Morgan fingerprint density at radius 1 is 0.294 bits per heavy atom. The summed E-state index contributed by atoms with van der Waals surface area (Å²) in [6, 6.07) is 2.75. The van der Waals surface area contributed by atoms with Crippen LogP contribution in [0, 0.1) is 59.2 Å². The van der Waals surface area contributed by atoms with E-state index in [4.69, 9.17) is 0 Å². The van der Waals surface area contributed by atoms with Crippen LogP contribution < -0.4 is 0 Å². The van der Waals surface area contributed by atoms with E-state index in [9.17, 15) is 0 Å². The second-order valence-electron chi connectivity index (χ2n) is 21.3. The number of fused-ring (bicyclic) bond motifs is 7. The van der Waals surface area contributed by atoms with E-state index in [1.165, 1.54) is 44.9 Å². The molecule has 2 saturated heterocycles. The Balaban J connectivity index is 0.838. The molecule has 0 spiro atoms. The van der Waals surface area contributed by atoms with E-state index in [-0.39, 0.29) is 0 Å². The van der Waals surface area contributed by atoms with E-state index in [0.717, 1.165) is 98.3 Å². The second-order valence-corrected chi connectivity index (χ2v) is 24.1. The van der Waals surface area contributed by atoms with Crippen molar-refractivity contribution in [2.75, 3.05) is 0 Å². The smallest absolute Gasteiger partial charge is 0.0237 e. The summed E-state index contributed by atoms with van der Waals surface area (Å²) in [5.74, 6) is 10.8. The lowest BCUT2D eigenvalue weighted by Crippen LogP contribution is -2.57. The molecule has 0 amide bonds. The maximum atomic E-state index is 3.44. The van der Waals surface area contributed by atoms with Crippen LogP contribution in [0.3, 0.4) is 0 Å². The van der Waals surface area contributed by atoms with E-state index >= 15 is 0 Å². The second kappa shape index (κ2) is 16.3. The van der Waals surface area contributed by atoms with Gasteiger partial charge in [0.2, 0.25) is 0 Å². The fraction of sp³-hybridized carbons (Fsp3) is 1.00. The summed E-state index contributed by atoms with van der Waals surface area (Å²) in [5, 5.41) is 4.08. The fourth-order valence-corrected chi connectivity index (χ4v) is 21.4. The molecule has 8 aliphatic carbocycles. The Kier molecular flexibility index (Phi) is 11.5. The van der Waals surface area contributed by atoms with Crippen molar-refractivity contribution in [3.05, 3.63) is 0 Å². The number of nitrogens with zero attached hydrogens (tertiary/aromatic N) is 1. The van der Waals surface area contributed by atoms with Crippen LogP contribution in [0.2, 0.25) is 0 Å². The average molecular weight is 734 g/mol. The first-order valence-corrected chi connectivity index (χ1v) is 26.3. The number of hydrogen-bond donors (Lipinski definition) is 0. The molecule has 3 heteroatoms. The van der Waals surface area contributed by atoms with Crippen molar-refractivity contribution in [1.82, 2.24) is 4.90 Å². The highest BCUT2D eigenvalue weighted by Crippen LogP contribution is 2.65. The van der Waals surface area contributed by atoms with Crippen LogP contribution in [0.25, 0.3) is 0 Å². The van der Waals surface area contributed by atoms with Gasteiger partial charge in [0.1, 0.15) is 0 Å². The standard InChI is InChI=1S/C48H79NS2/c1-3-10-32(11-4-1)34-18-20-35(21-19-34)37-24-28-39(29-25-37)49(38-26-22-36(23-27-38)33-12-5-2-6-13-33)43-16-9-15-40-41-30-31-45-46(48(41)51-47(40)43)42-14-7-8-17-44(42)50-45/h32-48H,1-31H2. The van der Waals surface area contributed by atoms with Gasteiger partial charge in [-0.15, -0.1) is 0 Å². The molecule has 51 heavy (non-hydrogen) atoms. The zero-order valence-electron chi connectivity index (χ0n) is 33.0. The minimum Gasteiger partial charge on any atom is -0.293 e. The van der Waals surface area contributed by atoms with Gasteiger partial charge in [0.25, 0.3) is 0 Å². The lowest BCUT2D eigenvalue weighted by atomic mass is 9.64. The number of hydrogen-bond acceptors (Lipinski definition) is 3. The third-order valence-electron chi connectivity index (χ3n) is 19.1. The third-order valence-corrected chi connectivity index (χ3v) is 22.9. The van der Waals surface area contributed by atoms with Crippen molar-refractivity contribution in [3.8, 4) is 0 Å². The quantitative estimate of drug-likeness (QED) is 0.268. The van der Waals surface area contributed by atoms with Gasteiger partial charge in [-0.2, -0.15) is 23.5 Å². The van der Waals surface area contributed by atoms with Crippen LogP contribution in [0.5, 0.6) is 0 Å². The van der Waals surface area contributed by atoms with E-state index in [1.807, 2.05) is 0 Å². The zero-order valence-corrected chi connectivity index (χ0v) is 34.6. The van der Waals surface area contributed by atoms with Crippen molar-refractivity contribution >= 4 is 23.5 Å². The molecule has 10 aliphatic rings. The molecule has 1 nitrogen and oxygen atoms in total. The van der Waals surface area contributed by atoms with Gasteiger partial charge < -0.3 is 0 Å². The van der Waals surface area contributed by atoms with E-state index in [1.54, 1.807) is 154 Å². The van der Waals surface area contributed by atoms with Crippen LogP contribution in [0.1, 0.15) is 199 Å². The van der Waals surface area contributed by atoms with Gasteiger partial charge in [0, 0.05) is 39.1 Å². The van der Waals surface area contributed by atoms with Gasteiger partial charge in [-0.05, 0) is 175 Å². The molecule has 10 rings (SSSR count). The minimum absolute atomic E-state index is 0.915. The largest absolute Gasteiger partial charge is 0.293 e. The summed E-state index contributed by atoms with van der Waals surface area (Å²) in [6.45, 7) is 0. The molecule has 0 N–H and O–H groups in total. The van der Waals surface area contributed by atoms with Crippen LogP contribution in [-0.2, 0) is 0 Å². The topological polar surface area (TPSA) is 3.24 Å². The summed E-state index contributed by atoms with van der Waals surface area (Å²) >= 11 is 5.20. The van der Waals surface area contributed by atoms with Crippen LogP contribution in [0.15, 0.2) is 0 Å². The number of thioether (sulfide) groups is 2. The zero-order chi connectivity index (χ0) is 33.7. The maximum absolute atomic E-state index is 3.44. The van der Waals surface area contributed by atoms with Crippen molar-refractivity contribution in [1.29, 1.82) is 0 Å². The molecule has 288 valence electrons. The molecule has 8 saturated carbocycles. The lowest BCUT2D eigenvalue weighted by molar-refractivity contribution is -0.0109. The Bertz CT molecular complexity index is 1100. The summed E-state index contributed by atoms with van der Waals surface area (Å²) in [4.78, 5) is 3.44. The lowest BCUT2D eigenvalue weighted by Gasteiger charge is -2.52. The van der Waals surface area contributed by atoms with Crippen molar-refractivity contribution in [2.24, 2.45) is 59.2 Å². The Morgan fingerprint density at radius 2 is 0.765 bits per heavy atom. The van der Waals surface area contributed by atoms with E-state index in [0.29, 0.717) is 0 Å². The Labute approximate surface area is 324 Å². The van der Waals surface area contributed by atoms with Gasteiger partial charge in [0.15, 0.2) is 0 Å². The molecular formula is C48H79NS2. The molecule has 0 aromatic carbocycles. The van der Waals surface area contributed by atoms with Gasteiger partial charge in [-0.25, -0.2) is 0 Å². The highest BCUT2D eigenvalue weighted by atomic mass is 32.2. The van der Waals surface area contributed by atoms with Gasteiger partial charge in [-0.1, -0.05) is 83.5 Å². The molecular weight excluding hydrogens is 655 g/mol. The first-order chi connectivity index (χ1) is 25.3. The van der Waals surface area contributed by atoms with Crippen molar-refractivity contribution < 1.29 is 0 Å². The number of rotatable bonds is 6. The van der Waals surface area contributed by atoms with Crippen LogP contribution >= 0.6 is 23.5 Å². The third kappa shape index (κ3) is 7.25. The van der Waals surface area contributed by atoms with Gasteiger partial charge in [-0.3, -0.25) is 4.90 Å². The Hall–Kier alpha value is 0.660. The molecule has 9 atom stereocenters. The first kappa shape index (κ1) is 36.0. The molecule has 0 aromatic heterocycles. The average Bonchev–Trinajstić information content (AvgIpc) is 3.78. The molecule has 2 heterocycles. The van der Waals surface area contributed by atoms with E-state index in [2.05, 4.69) is 28.4 Å². The van der Waals surface area contributed by atoms with Gasteiger partial charge in [0.05, 0.1) is 0 Å². The molecule has 9 unspecified atom stereocenters. The molecule has 10 fully saturated rings. The van der Waals surface area contributed by atoms with Crippen molar-refractivity contribution in [2.45, 2.75) is 238 Å². The summed E-state index contributed by atoms with van der Waals surface area (Å²) in [6.07, 6.45) is 48.5. The summed E-state index contributed by atoms with van der Waals surface area (Å²) in [7, 11) is 0. The van der Waals surface area contributed by atoms with E-state index < -0.39 is 0 Å². The van der Waals surface area contributed by atoms with Crippen LogP contribution in [0.4, 0.5) is 0 Å². The van der Waals surface area contributed by atoms with Crippen LogP contribution in [-0.4, -0.2) is 44.0 Å². The predicted octanol–water partition coefficient (Wildman–Crippen LogP) is 13.7. The Morgan fingerprint density at radius 3 is 1.35 bits per heavy atom. The predicted molar refractivity (Wildman–Crippen MR) is 222 cm³/mol. The van der Waals surface area contributed by atoms with Crippen molar-refractivity contribution in [3.63, 3.8) is 0 Å². The first-order valence-electron chi connectivity index (χ1n) is 24.4. The van der Waals surface area contributed by atoms with Gasteiger partial charge >= 0.3 is 0 Å². The molecule has 0 bridgehead atoms. The fourth-order valence-electron chi connectivity index (χ4n) is 16.7. The summed E-state index contributed by atoms with van der Waals surface area (Å²) in [5.41, 5.74) is 0. The highest BCUT2D eigenvalue weighted by Gasteiger charge is 2.60. The minimum atomic E-state index is 0.915. The molecule has 0 aromatic rings. The monoisotopic (exact) mass is 734 g/mol. The maximum Gasteiger partial charge on any atom is 0.0237 e. The normalized spacial score (nSPS) is 49.9. The highest BCUT2D eigenvalue weighted by molar-refractivity contribution is 8.02. The molecule has 2 aliphatic heterocycles. The summed E-state index contributed by atoms with van der Waals surface area (Å²) < 4.78 is 0.